The minimum Gasteiger partial charge on any atom is -0.497 e. The van der Waals surface area contributed by atoms with E-state index in [2.05, 4.69) is 21.9 Å². The lowest BCUT2D eigenvalue weighted by Crippen LogP contribution is -2.16. The third-order valence-corrected chi connectivity index (χ3v) is 3.87. The van der Waals surface area contributed by atoms with Gasteiger partial charge in [0.05, 0.1) is 18.5 Å². The molecule has 6 nitrogen and oxygen atoms in total. The molecule has 1 heterocycles. The van der Waals surface area contributed by atoms with Gasteiger partial charge in [-0.1, -0.05) is 18.7 Å². The number of ether oxygens (including phenoxy) is 1. The normalized spacial score (nSPS) is 10.1. The molecule has 0 amide bonds. The highest BCUT2D eigenvalue weighted by molar-refractivity contribution is 5.69. The van der Waals surface area contributed by atoms with Gasteiger partial charge in [0.2, 0.25) is 5.95 Å². The van der Waals surface area contributed by atoms with Gasteiger partial charge in [-0.25, -0.2) is 9.37 Å². The zero-order chi connectivity index (χ0) is 19.4. The molecule has 0 spiro atoms. The molecule has 0 fully saturated rings. The summed E-state index contributed by atoms with van der Waals surface area (Å²) < 4.78 is 19.2. The first-order chi connectivity index (χ1) is 13.0. The van der Waals surface area contributed by atoms with Crippen LogP contribution in [0, 0.1) is 17.1 Å². The summed E-state index contributed by atoms with van der Waals surface area (Å²) in [6.45, 7) is 3.64. The van der Waals surface area contributed by atoms with Crippen LogP contribution >= 0.6 is 0 Å². The number of nitriles is 1. The van der Waals surface area contributed by atoms with Crippen molar-refractivity contribution >= 4 is 17.7 Å². The second-order valence-corrected chi connectivity index (χ2v) is 5.55. The Bertz CT molecular complexity index is 1100. The van der Waals surface area contributed by atoms with Crippen LogP contribution in [0.25, 0.3) is 17.3 Å². The Morgan fingerprint density at radius 2 is 2.04 bits per heavy atom. The predicted octanol–water partition coefficient (Wildman–Crippen LogP) is 3.84. The largest absolute Gasteiger partial charge is 0.497 e. The molecular weight excluding hydrogens is 347 g/mol. The number of hydrogen-bond acceptors (Lipinski definition) is 5. The second kappa shape index (κ2) is 7.54. The highest BCUT2D eigenvalue weighted by Gasteiger charge is 2.14. The van der Waals surface area contributed by atoms with Crippen molar-refractivity contribution in [2.75, 3.05) is 12.4 Å². The SMILES string of the molecule is C=Cc1ccc(F)c(Nc2nc(-c3ccc(OC)cc3)c(C#N)c(=O)[nH]2)c1. The Morgan fingerprint density at radius 1 is 1.30 bits per heavy atom. The van der Waals surface area contributed by atoms with Gasteiger partial charge in [0, 0.05) is 5.56 Å². The maximum atomic E-state index is 14.1. The zero-order valence-corrected chi connectivity index (χ0v) is 14.4. The first kappa shape index (κ1) is 17.9. The molecule has 0 unspecified atom stereocenters. The van der Waals surface area contributed by atoms with E-state index < -0.39 is 11.4 Å². The molecular formula is C20H15FN4O2. The Kier molecular flexibility index (Phi) is 4.99. The van der Waals surface area contributed by atoms with Crippen molar-refractivity contribution in [3.05, 3.63) is 76.3 Å². The van der Waals surface area contributed by atoms with Gasteiger partial charge in [0.15, 0.2) is 0 Å². The van der Waals surface area contributed by atoms with Gasteiger partial charge in [-0.3, -0.25) is 9.78 Å². The van der Waals surface area contributed by atoms with Crippen molar-refractivity contribution in [1.29, 1.82) is 5.26 Å². The fraction of sp³-hybridized carbons (Fsp3) is 0.0500. The van der Waals surface area contributed by atoms with E-state index in [1.54, 1.807) is 36.4 Å². The molecule has 0 saturated carbocycles. The number of benzene rings is 2. The molecule has 134 valence electrons. The van der Waals surface area contributed by atoms with Crippen LogP contribution in [0.3, 0.4) is 0 Å². The van der Waals surface area contributed by atoms with Gasteiger partial charge in [-0.2, -0.15) is 5.26 Å². The van der Waals surface area contributed by atoms with Gasteiger partial charge in [0.1, 0.15) is 23.2 Å². The Morgan fingerprint density at radius 3 is 2.67 bits per heavy atom. The van der Waals surface area contributed by atoms with Crippen LogP contribution in [0.1, 0.15) is 11.1 Å². The second-order valence-electron chi connectivity index (χ2n) is 5.55. The van der Waals surface area contributed by atoms with Crippen molar-refractivity contribution in [2.45, 2.75) is 0 Å². The summed E-state index contributed by atoms with van der Waals surface area (Å²) >= 11 is 0. The minimum absolute atomic E-state index is 0.0185. The van der Waals surface area contributed by atoms with Crippen LogP contribution in [-0.2, 0) is 0 Å². The number of nitrogens with one attached hydrogen (secondary N) is 2. The van der Waals surface area contributed by atoms with Gasteiger partial charge >= 0.3 is 0 Å². The van der Waals surface area contributed by atoms with Gasteiger partial charge in [-0.15, -0.1) is 0 Å². The summed E-state index contributed by atoms with van der Waals surface area (Å²) in [6, 6.07) is 13.0. The molecule has 0 aliphatic carbocycles. The third kappa shape index (κ3) is 3.70. The quantitative estimate of drug-likeness (QED) is 0.719. The van der Waals surface area contributed by atoms with Crippen LogP contribution in [0.2, 0.25) is 0 Å². The molecule has 7 heteroatoms. The van der Waals surface area contributed by atoms with Crippen molar-refractivity contribution in [1.82, 2.24) is 9.97 Å². The number of H-pyrrole nitrogens is 1. The molecule has 3 rings (SSSR count). The molecule has 0 radical (unpaired) electrons. The van der Waals surface area contributed by atoms with E-state index in [9.17, 15) is 14.4 Å². The fourth-order valence-corrected chi connectivity index (χ4v) is 2.49. The smallest absolute Gasteiger partial charge is 0.270 e. The van der Waals surface area contributed by atoms with E-state index in [-0.39, 0.29) is 22.9 Å². The molecule has 0 saturated heterocycles. The van der Waals surface area contributed by atoms with Crippen LogP contribution in [0.15, 0.2) is 53.8 Å². The average Bonchev–Trinajstić information content (AvgIpc) is 2.69. The zero-order valence-electron chi connectivity index (χ0n) is 14.4. The first-order valence-corrected chi connectivity index (χ1v) is 7.93. The maximum Gasteiger partial charge on any atom is 0.270 e. The van der Waals surface area contributed by atoms with E-state index in [0.29, 0.717) is 16.9 Å². The van der Waals surface area contributed by atoms with Crippen molar-refractivity contribution in [3.8, 4) is 23.1 Å². The number of aromatic nitrogens is 2. The predicted molar refractivity (Wildman–Crippen MR) is 101 cm³/mol. The highest BCUT2D eigenvalue weighted by Crippen LogP contribution is 2.25. The number of aromatic amines is 1. The lowest BCUT2D eigenvalue weighted by atomic mass is 10.1. The molecule has 1 aromatic heterocycles. The summed E-state index contributed by atoms with van der Waals surface area (Å²) in [5.74, 6) is 0.132. The average molecular weight is 362 g/mol. The Labute approximate surface area is 154 Å². The van der Waals surface area contributed by atoms with E-state index in [0.717, 1.165) is 0 Å². The number of nitrogens with zero attached hydrogens (tertiary/aromatic N) is 2. The molecule has 0 aliphatic heterocycles. The highest BCUT2D eigenvalue weighted by atomic mass is 19.1. The minimum atomic E-state index is -0.624. The van der Waals surface area contributed by atoms with E-state index in [4.69, 9.17) is 4.74 Å². The standard InChI is InChI=1S/C20H15FN4O2/c1-3-12-4-9-16(21)17(10-12)23-20-24-18(15(11-22)19(26)25-20)13-5-7-14(27-2)8-6-13/h3-10H,1H2,2H3,(H2,23,24,25,26). The van der Waals surface area contributed by atoms with Crippen LogP contribution in [0.5, 0.6) is 5.75 Å². The number of hydrogen-bond donors (Lipinski definition) is 2. The molecule has 0 bridgehead atoms. The molecule has 0 atom stereocenters. The van der Waals surface area contributed by atoms with Crippen LogP contribution < -0.4 is 15.6 Å². The number of methoxy groups -OCH3 is 1. The lowest BCUT2D eigenvalue weighted by molar-refractivity contribution is 0.415. The van der Waals surface area contributed by atoms with E-state index >= 15 is 0 Å². The summed E-state index contributed by atoms with van der Waals surface area (Å²) in [6.07, 6.45) is 1.57. The third-order valence-electron chi connectivity index (χ3n) is 3.87. The topological polar surface area (TPSA) is 90.8 Å². The number of rotatable bonds is 5. The van der Waals surface area contributed by atoms with Gasteiger partial charge in [-0.05, 0) is 42.0 Å². The number of halogens is 1. The number of anilines is 2. The summed E-state index contributed by atoms with van der Waals surface area (Å²) in [5.41, 5.74) is 0.812. The Balaban J connectivity index is 2.08. The summed E-state index contributed by atoms with van der Waals surface area (Å²) in [5, 5.41) is 12.1. The fourth-order valence-electron chi connectivity index (χ4n) is 2.49. The Hall–Kier alpha value is -3.92. The molecule has 0 aliphatic rings. The molecule has 27 heavy (non-hydrogen) atoms. The summed E-state index contributed by atoms with van der Waals surface area (Å²) in [4.78, 5) is 19.0. The van der Waals surface area contributed by atoms with Crippen LogP contribution in [0.4, 0.5) is 16.0 Å². The molecule has 2 aromatic carbocycles. The molecule has 2 N–H and O–H groups in total. The van der Waals surface area contributed by atoms with E-state index in [1.165, 1.54) is 19.2 Å². The first-order valence-electron chi connectivity index (χ1n) is 7.93. The van der Waals surface area contributed by atoms with Crippen molar-refractivity contribution < 1.29 is 9.13 Å². The molecule has 3 aromatic rings. The van der Waals surface area contributed by atoms with Crippen LogP contribution in [-0.4, -0.2) is 17.1 Å². The van der Waals surface area contributed by atoms with Gasteiger partial charge in [0.25, 0.3) is 5.56 Å². The van der Waals surface area contributed by atoms with Crippen molar-refractivity contribution in [3.63, 3.8) is 0 Å². The monoisotopic (exact) mass is 362 g/mol. The van der Waals surface area contributed by atoms with Crippen molar-refractivity contribution in [2.24, 2.45) is 0 Å². The lowest BCUT2D eigenvalue weighted by Gasteiger charge is -2.10. The van der Waals surface area contributed by atoms with Gasteiger partial charge < -0.3 is 10.1 Å². The van der Waals surface area contributed by atoms with E-state index in [1.807, 2.05) is 6.07 Å². The maximum absolute atomic E-state index is 14.1. The summed E-state index contributed by atoms with van der Waals surface area (Å²) in [7, 11) is 1.54.